The number of carbonyl (C=O) groups excluding carboxylic acids is 1. The van der Waals surface area contributed by atoms with Crippen LogP contribution in [-0.4, -0.2) is 46.8 Å². The molecule has 1 unspecified atom stereocenters. The first-order valence-electron chi connectivity index (χ1n) is 4.87. The molecule has 0 spiro atoms. The van der Waals surface area contributed by atoms with E-state index in [-0.39, 0.29) is 0 Å². The minimum Gasteiger partial charge on any atom is -0.481 e. The third kappa shape index (κ3) is 3.50. The van der Waals surface area contributed by atoms with Gasteiger partial charge in [0.1, 0.15) is 12.1 Å². The van der Waals surface area contributed by atoms with E-state index in [0.29, 0.717) is 13.0 Å². The molecule has 3 N–H and O–H groups in total. The molecule has 0 bridgehead atoms. The van der Waals surface area contributed by atoms with Crippen molar-refractivity contribution < 1.29 is 29.3 Å². The van der Waals surface area contributed by atoms with Crippen molar-refractivity contribution in [2.75, 3.05) is 6.61 Å². The molecule has 0 aromatic heterocycles. The van der Waals surface area contributed by atoms with Gasteiger partial charge in [-0.1, -0.05) is 0 Å². The highest BCUT2D eigenvalue weighted by atomic mass is 16.5. The van der Waals surface area contributed by atoms with Gasteiger partial charge < -0.3 is 20.3 Å². The summed E-state index contributed by atoms with van der Waals surface area (Å²) in [5, 5.41) is 19.3. The minimum atomic E-state index is -1.41. The lowest BCUT2D eigenvalue weighted by atomic mass is 10.1. The fraction of sp³-hybridized carbons (Fsp3) is 0.667. The van der Waals surface area contributed by atoms with E-state index in [0.717, 1.165) is 6.42 Å². The third-order valence-electron chi connectivity index (χ3n) is 2.22. The van der Waals surface area contributed by atoms with Crippen LogP contribution in [0.4, 0.5) is 0 Å². The predicted octanol–water partition coefficient (Wildman–Crippen LogP) is -0.790. The van der Waals surface area contributed by atoms with Gasteiger partial charge in [-0.2, -0.15) is 0 Å². The standard InChI is InChI=1S/C9H13NO6/c11-7(12)4-5(9(14)15)10-8(13)6-2-1-3-16-6/h5-6H,1-4H2,(H,10,13)(H,11,12)(H,14,15)/t5?,6-/m0/s1. The number of aliphatic carboxylic acids is 2. The highest BCUT2D eigenvalue weighted by molar-refractivity contribution is 5.88. The Morgan fingerprint density at radius 2 is 2.06 bits per heavy atom. The van der Waals surface area contributed by atoms with E-state index in [1.807, 2.05) is 0 Å². The van der Waals surface area contributed by atoms with Crippen LogP contribution in [0.1, 0.15) is 19.3 Å². The van der Waals surface area contributed by atoms with Crippen LogP contribution >= 0.6 is 0 Å². The molecule has 0 saturated carbocycles. The first-order valence-corrected chi connectivity index (χ1v) is 4.87. The summed E-state index contributed by atoms with van der Waals surface area (Å²) >= 11 is 0. The number of hydrogen-bond acceptors (Lipinski definition) is 4. The smallest absolute Gasteiger partial charge is 0.326 e. The third-order valence-corrected chi connectivity index (χ3v) is 2.22. The van der Waals surface area contributed by atoms with Crippen molar-refractivity contribution in [2.24, 2.45) is 0 Å². The molecule has 1 fully saturated rings. The van der Waals surface area contributed by atoms with E-state index < -0.39 is 36.4 Å². The summed E-state index contributed by atoms with van der Waals surface area (Å²) in [4.78, 5) is 32.5. The Bertz CT molecular complexity index is 296. The molecule has 7 nitrogen and oxygen atoms in total. The lowest BCUT2D eigenvalue weighted by Gasteiger charge is -2.15. The summed E-state index contributed by atoms with van der Waals surface area (Å²) < 4.78 is 5.05. The predicted molar refractivity (Wildman–Crippen MR) is 50.8 cm³/mol. The van der Waals surface area contributed by atoms with E-state index >= 15 is 0 Å². The van der Waals surface area contributed by atoms with Gasteiger partial charge in [-0.3, -0.25) is 9.59 Å². The Hall–Kier alpha value is -1.63. The summed E-state index contributed by atoms with van der Waals surface area (Å²) in [5.74, 6) is -3.21. The summed E-state index contributed by atoms with van der Waals surface area (Å²) in [5.41, 5.74) is 0. The number of ether oxygens (including phenoxy) is 1. The first kappa shape index (κ1) is 12.4. The maximum Gasteiger partial charge on any atom is 0.326 e. The molecular formula is C9H13NO6. The number of carboxylic acids is 2. The van der Waals surface area contributed by atoms with Gasteiger partial charge in [-0.25, -0.2) is 4.79 Å². The number of carbonyl (C=O) groups is 3. The van der Waals surface area contributed by atoms with E-state index in [1.165, 1.54) is 0 Å². The summed E-state index contributed by atoms with van der Waals surface area (Å²) in [7, 11) is 0. The fourth-order valence-electron chi connectivity index (χ4n) is 1.42. The van der Waals surface area contributed by atoms with Crippen LogP contribution in [-0.2, 0) is 19.1 Å². The Morgan fingerprint density at radius 1 is 1.38 bits per heavy atom. The first-order chi connectivity index (χ1) is 7.50. The quantitative estimate of drug-likeness (QED) is 0.571. The summed E-state index contributed by atoms with van der Waals surface area (Å²) in [6.45, 7) is 0.467. The van der Waals surface area contributed by atoms with E-state index in [1.54, 1.807) is 0 Å². The lowest BCUT2D eigenvalue weighted by Crippen LogP contribution is -2.46. The van der Waals surface area contributed by atoms with Crippen molar-refractivity contribution in [1.82, 2.24) is 5.32 Å². The zero-order valence-electron chi connectivity index (χ0n) is 8.51. The molecule has 1 saturated heterocycles. The molecular weight excluding hydrogens is 218 g/mol. The van der Waals surface area contributed by atoms with Crippen LogP contribution in [0.3, 0.4) is 0 Å². The summed E-state index contributed by atoms with van der Waals surface area (Å²) in [6, 6.07) is -1.41. The van der Waals surface area contributed by atoms with Crippen molar-refractivity contribution in [3.8, 4) is 0 Å². The minimum absolute atomic E-state index is 0.467. The second-order valence-corrected chi connectivity index (χ2v) is 3.50. The molecule has 1 aliphatic rings. The van der Waals surface area contributed by atoms with E-state index in [2.05, 4.69) is 5.32 Å². The van der Waals surface area contributed by atoms with Crippen molar-refractivity contribution in [3.63, 3.8) is 0 Å². The van der Waals surface area contributed by atoms with Crippen molar-refractivity contribution >= 4 is 17.8 Å². The van der Waals surface area contributed by atoms with Crippen LogP contribution in [0.5, 0.6) is 0 Å². The monoisotopic (exact) mass is 231 g/mol. The van der Waals surface area contributed by atoms with E-state index in [9.17, 15) is 14.4 Å². The number of hydrogen-bond donors (Lipinski definition) is 3. The average molecular weight is 231 g/mol. The number of amides is 1. The van der Waals surface area contributed by atoms with Gasteiger partial charge in [0.05, 0.1) is 6.42 Å². The van der Waals surface area contributed by atoms with Gasteiger partial charge in [0.2, 0.25) is 5.91 Å². The largest absolute Gasteiger partial charge is 0.481 e. The molecule has 0 aromatic carbocycles. The Kier molecular flexibility index (Phi) is 4.24. The van der Waals surface area contributed by atoms with Crippen LogP contribution in [0.25, 0.3) is 0 Å². The van der Waals surface area contributed by atoms with Crippen molar-refractivity contribution in [2.45, 2.75) is 31.4 Å². The SMILES string of the molecule is O=C(O)CC(NC(=O)[C@@H]1CCCO1)C(=O)O. The molecule has 1 aliphatic heterocycles. The highest BCUT2D eigenvalue weighted by Gasteiger charge is 2.29. The molecule has 90 valence electrons. The maximum atomic E-state index is 11.4. The number of rotatable bonds is 5. The fourth-order valence-corrected chi connectivity index (χ4v) is 1.42. The zero-order valence-corrected chi connectivity index (χ0v) is 8.51. The van der Waals surface area contributed by atoms with Crippen LogP contribution in [0, 0.1) is 0 Å². The topological polar surface area (TPSA) is 113 Å². The molecule has 1 rings (SSSR count). The second-order valence-electron chi connectivity index (χ2n) is 3.50. The van der Waals surface area contributed by atoms with Crippen molar-refractivity contribution in [3.05, 3.63) is 0 Å². The average Bonchev–Trinajstić information content (AvgIpc) is 2.68. The molecule has 16 heavy (non-hydrogen) atoms. The van der Waals surface area contributed by atoms with Gasteiger partial charge in [-0.15, -0.1) is 0 Å². The van der Waals surface area contributed by atoms with Crippen LogP contribution < -0.4 is 5.32 Å². The Labute approximate surface area is 91.4 Å². The molecule has 1 amide bonds. The molecule has 0 radical (unpaired) electrons. The van der Waals surface area contributed by atoms with Crippen LogP contribution in [0.15, 0.2) is 0 Å². The molecule has 1 heterocycles. The van der Waals surface area contributed by atoms with Gasteiger partial charge in [0.15, 0.2) is 0 Å². The second kappa shape index (κ2) is 5.45. The molecule has 7 heteroatoms. The Morgan fingerprint density at radius 3 is 2.50 bits per heavy atom. The Balaban J connectivity index is 2.50. The van der Waals surface area contributed by atoms with Gasteiger partial charge >= 0.3 is 11.9 Å². The maximum absolute atomic E-state index is 11.4. The molecule has 0 aromatic rings. The zero-order chi connectivity index (χ0) is 12.1. The molecule has 0 aliphatic carbocycles. The number of nitrogens with one attached hydrogen (secondary N) is 1. The van der Waals surface area contributed by atoms with Gasteiger partial charge in [0.25, 0.3) is 0 Å². The lowest BCUT2D eigenvalue weighted by molar-refractivity contribution is -0.148. The molecule has 2 atom stereocenters. The van der Waals surface area contributed by atoms with Gasteiger partial charge in [-0.05, 0) is 12.8 Å². The van der Waals surface area contributed by atoms with E-state index in [4.69, 9.17) is 14.9 Å². The van der Waals surface area contributed by atoms with Crippen molar-refractivity contribution in [1.29, 1.82) is 0 Å². The van der Waals surface area contributed by atoms with Crippen LogP contribution in [0.2, 0.25) is 0 Å². The normalized spacial score (nSPS) is 21.4. The van der Waals surface area contributed by atoms with Gasteiger partial charge in [0, 0.05) is 6.61 Å². The summed E-state index contributed by atoms with van der Waals surface area (Å²) in [6.07, 6.45) is -0.0241. The number of carboxylic acid groups (broad SMARTS) is 2. The highest BCUT2D eigenvalue weighted by Crippen LogP contribution is 2.12.